The molecule has 2 heterocycles. The van der Waals surface area contributed by atoms with Crippen LogP contribution in [0.4, 0.5) is 4.39 Å². The van der Waals surface area contributed by atoms with Crippen molar-refractivity contribution >= 4 is 28.4 Å². The van der Waals surface area contributed by atoms with E-state index in [2.05, 4.69) is 4.98 Å². The molecule has 0 spiro atoms. The van der Waals surface area contributed by atoms with Crippen molar-refractivity contribution in [3.63, 3.8) is 0 Å². The Morgan fingerprint density at radius 1 is 1.24 bits per heavy atom. The summed E-state index contributed by atoms with van der Waals surface area (Å²) in [5, 5.41) is 11.7. The minimum absolute atomic E-state index is 0.124. The normalized spacial score (nSPS) is 19.3. The standard InChI is InChI=1S/C22H20ClFN2O3/c23-16-5-1-6-17(24)15(16)12-22(28)26-11-9-21(19(27)13-26)29-20-8-2-7-18-14(20)4-3-10-25-18/h1-8,10,19,21,27H,9,11-13H2/t19-,21-/m1/s1. The summed E-state index contributed by atoms with van der Waals surface area (Å²) < 4.78 is 20.0. The number of aromatic nitrogens is 1. The van der Waals surface area contributed by atoms with Crippen molar-refractivity contribution in [2.45, 2.75) is 25.0 Å². The predicted molar refractivity (Wildman–Crippen MR) is 108 cm³/mol. The van der Waals surface area contributed by atoms with Gasteiger partial charge in [-0.1, -0.05) is 23.7 Å². The van der Waals surface area contributed by atoms with Crippen LogP contribution in [-0.4, -0.2) is 46.2 Å². The summed E-state index contributed by atoms with van der Waals surface area (Å²) in [7, 11) is 0. The van der Waals surface area contributed by atoms with Gasteiger partial charge in [-0.3, -0.25) is 9.78 Å². The van der Waals surface area contributed by atoms with Gasteiger partial charge in [-0.15, -0.1) is 0 Å². The highest BCUT2D eigenvalue weighted by atomic mass is 35.5. The van der Waals surface area contributed by atoms with Crippen molar-refractivity contribution in [3.05, 3.63) is 71.1 Å². The minimum Gasteiger partial charge on any atom is -0.487 e. The van der Waals surface area contributed by atoms with Gasteiger partial charge in [0.15, 0.2) is 0 Å². The van der Waals surface area contributed by atoms with Gasteiger partial charge in [0.2, 0.25) is 5.91 Å². The Balaban J connectivity index is 1.42. The summed E-state index contributed by atoms with van der Waals surface area (Å²) in [6.45, 7) is 0.536. The Morgan fingerprint density at radius 2 is 2.07 bits per heavy atom. The number of hydrogen-bond acceptors (Lipinski definition) is 4. The van der Waals surface area contributed by atoms with Crippen LogP contribution in [-0.2, 0) is 11.2 Å². The Morgan fingerprint density at radius 3 is 2.86 bits per heavy atom. The number of aliphatic hydroxyl groups is 1. The molecular formula is C22H20ClFN2O3. The molecule has 0 bridgehead atoms. The van der Waals surface area contributed by atoms with Crippen LogP contribution in [0, 0.1) is 5.82 Å². The average Bonchev–Trinajstić information content (AvgIpc) is 2.72. The molecule has 1 aromatic heterocycles. The van der Waals surface area contributed by atoms with E-state index in [1.807, 2.05) is 30.3 Å². The highest BCUT2D eigenvalue weighted by Crippen LogP contribution is 2.27. The molecule has 3 aromatic rings. The van der Waals surface area contributed by atoms with Crippen LogP contribution >= 0.6 is 11.6 Å². The first-order valence-electron chi connectivity index (χ1n) is 9.42. The second-order valence-corrected chi connectivity index (χ2v) is 7.46. The SMILES string of the molecule is O=C(Cc1c(F)cccc1Cl)N1CC[C@@H](Oc2cccc3ncccc23)[C@H](O)C1. The van der Waals surface area contributed by atoms with Gasteiger partial charge in [-0.05, 0) is 36.4 Å². The number of carbonyl (C=O) groups is 1. The lowest BCUT2D eigenvalue weighted by Gasteiger charge is -2.36. The van der Waals surface area contributed by atoms with Gasteiger partial charge in [0, 0.05) is 35.1 Å². The largest absolute Gasteiger partial charge is 0.487 e. The van der Waals surface area contributed by atoms with Crippen LogP contribution < -0.4 is 4.74 Å². The molecule has 1 aliphatic heterocycles. The van der Waals surface area contributed by atoms with Crippen molar-refractivity contribution < 1.29 is 19.0 Å². The first kappa shape index (κ1) is 19.6. The number of fused-ring (bicyclic) bond motifs is 1. The molecule has 2 atom stereocenters. The highest BCUT2D eigenvalue weighted by molar-refractivity contribution is 6.31. The molecule has 1 amide bonds. The molecule has 0 saturated carbocycles. The zero-order chi connectivity index (χ0) is 20.4. The van der Waals surface area contributed by atoms with E-state index in [1.165, 1.54) is 17.0 Å². The number of carbonyl (C=O) groups excluding carboxylic acids is 1. The van der Waals surface area contributed by atoms with E-state index in [1.54, 1.807) is 12.3 Å². The molecule has 2 aromatic carbocycles. The molecular weight excluding hydrogens is 395 g/mol. The summed E-state index contributed by atoms with van der Waals surface area (Å²) in [5.74, 6) is -0.129. The van der Waals surface area contributed by atoms with Gasteiger partial charge < -0.3 is 14.7 Å². The summed E-state index contributed by atoms with van der Waals surface area (Å²) in [6, 6.07) is 13.7. The van der Waals surface area contributed by atoms with Crippen LogP contribution in [0.5, 0.6) is 5.75 Å². The number of pyridine rings is 1. The highest BCUT2D eigenvalue weighted by Gasteiger charge is 2.32. The Kier molecular flexibility index (Phi) is 5.65. The van der Waals surface area contributed by atoms with E-state index in [0.29, 0.717) is 18.7 Å². The van der Waals surface area contributed by atoms with Crippen LogP contribution in [0.2, 0.25) is 5.02 Å². The van der Waals surface area contributed by atoms with Crippen LogP contribution in [0.25, 0.3) is 10.9 Å². The molecule has 5 nitrogen and oxygen atoms in total. The molecule has 29 heavy (non-hydrogen) atoms. The first-order valence-corrected chi connectivity index (χ1v) is 9.80. The van der Waals surface area contributed by atoms with Crippen molar-refractivity contribution in [1.82, 2.24) is 9.88 Å². The number of piperidine rings is 1. The fraction of sp³-hybridized carbons (Fsp3) is 0.273. The quantitative estimate of drug-likeness (QED) is 0.708. The van der Waals surface area contributed by atoms with Crippen LogP contribution in [0.15, 0.2) is 54.7 Å². The lowest BCUT2D eigenvalue weighted by atomic mass is 10.0. The third kappa shape index (κ3) is 4.18. The summed E-state index contributed by atoms with van der Waals surface area (Å²) in [4.78, 5) is 18.4. The molecule has 1 aliphatic rings. The zero-order valence-electron chi connectivity index (χ0n) is 15.6. The van der Waals surface area contributed by atoms with Gasteiger partial charge in [0.25, 0.3) is 0 Å². The number of ether oxygens (including phenoxy) is 1. The van der Waals surface area contributed by atoms with E-state index < -0.39 is 18.0 Å². The molecule has 7 heteroatoms. The summed E-state index contributed by atoms with van der Waals surface area (Å²) >= 11 is 6.02. The zero-order valence-corrected chi connectivity index (χ0v) is 16.3. The smallest absolute Gasteiger partial charge is 0.227 e. The van der Waals surface area contributed by atoms with Gasteiger partial charge >= 0.3 is 0 Å². The predicted octanol–water partition coefficient (Wildman–Crippen LogP) is 3.61. The molecule has 0 radical (unpaired) electrons. The van der Waals surface area contributed by atoms with E-state index in [4.69, 9.17) is 16.3 Å². The van der Waals surface area contributed by atoms with Crippen molar-refractivity contribution in [2.24, 2.45) is 0 Å². The molecule has 0 unspecified atom stereocenters. The second-order valence-electron chi connectivity index (χ2n) is 7.06. The maximum Gasteiger partial charge on any atom is 0.227 e. The number of likely N-dealkylation sites (tertiary alicyclic amines) is 1. The maximum atomic E-state index is 14.0. The first-order chi connectivity index (χ1) is 14.0. The lowest BCUT2D eigenvalue weighted by Crippen LogP contribution is -2.51. The molecule has 1 fully saturated rings. The topological polar surface area (TPSA) is 62.7 Å². The number of rotatable bonds is 4. The molecule has 1 saturated heterocycles. The monoisotopic (exact) mass is 414 g/mol. The molecule has 4 rings (SSSR count). The summed E-state index contributed by atoms with van der Waals surface area (Å²) in [5.41, 5.74) is 0.990. The number of hydrogen-bond donors (Lipinski definition) is 1. The Hall–Kier alpha value is -2.70. The molecule has 1 N–H and O–H groups in total. The van der Waals surface area contributed by atoms with Gasteiger partial charge in [-0.2, -0.15) is 0 Å². The van der Waals surface area contributed by atoms with Crippen LogP contribution in [0.3, 0.4) is 0 Å². The fourth-order valence-corrected chi connectivity index (χ4v) is 3.81. The second kappa shape index (κ2) is 8.35. The van der Waals surface area contributed by atoms with E-state index >= 15 is 0 Å². The maximum absolute atomic E-state index is 14.0. The van der Waals surface area contributed by atoms with E-state index in [9.17, 15) is 14.3 Å². The van der Waals surface area contributed by atoms with Gasteiger partial charge in [0.1, 0.15) is 23.8 Å². The fourth-order valence-electron chi connectivity index (χ4n) is 3.58. The number of aliphatic hydroxyl groups excluding tert-OH is 1. The average molecular weight is 415 g/mol. The van der Waals surface area contributed by atoms with Crippen molar-refractivity contribution in [3.8, 4) is 5.75 Å². The number of nitrogens with zero attached hydrogens (tertiary/aromatic N) is 2. The lowest BCUT2D eigenvalue weighted by molar-refractivity contribution is -0.136. The van der Waals surface area contributed by atoms with Crippen molar-refractivity contribution in [2.75, 3.05) is 13.1 Å². The van der Waals surface area contributed by atoms with Gasteiger partial charge in [0.05, 0.1) is 18.5 Å². The van der Waals surface area contributed by atoms with Crippen molar-refractivity contribution in [1.29, 1.82) is 0 Å². The minimum atomic E-state index is -0.851. The van der Waals surface area contributed by atoms with Crippen LogP contribution in [0.1, 0.15) is 12.0 Å². The van der Waals surface area contributed by atoms with Gasteiger partial charge in [-0.25, -0.2) is 4.39 Å². The Labute approximate surface area is 172 Å². The molecule has 0 aliphatic carbocycles. The number of β-amino-alcohol motifs (C(OH)–C–C–N with tert-alkyl or cyclic N) is 1. The number of amides is 1. The molecule has 150 valence electrons. The summed E-state index contributed by atoms with van der Waals surface area (Å²) in [6.07, 6.45) is 0.748. The van der Waals surface area contributed by atoms with E-state index in [-0.39, 0.29) is 29.5 Å². The third-order valence-electron chi connectivity index (χ3n) is 5.15. The van der Waals surface area contributed by atoms with E-state index in [0.717, 1.165) is 10.9 Å². The Bertz CT molecular complexity index is 1020. The third-order valence-corrected chi connectivity index (χ3v) is 5.50. The number of halogens is 2. The number of benzene rings is 2.